The van der Waals surface area contributed by atoms with Crippen molar-refractivity contribution in [2.75, 3.05) is 11.9 Å². The van der Waals surface area contributed by atoms with E-state index in [-0.39, 0.29) is 24.1 Å². The first kappa shape index (κ1) is 17.2. The molecule has 1 aromatic heterocycles. The SMILES string of the molecule is CC(=O)Nc1ccc(OCC(=O)N=Nc2c(O)[nH]c3ccccc23)cc1. The van der Waals surface area contributed by atoms with Gasteiger partial charge in [-0.05, 0) is 30.3 Å². The van der Waals surface area contributed by atoms with E-state index in [4.69, 9.17) is 4.74 Å². The predicted molar refractivity (Wildman–Crippen MR) is 95.7 cm³/mol. The molecule has 0 fully saturated rings. The van der Waals surface area contributed by atoms with E-state index in [0.717, 1.165) is 0 Å². The van der Waals surface area contributed by atoms with E-state index in [1.165, 1.54) is 6.92 Å². The number of hydrogen-bond donors (Lipinski definition) is 3. The zero-order chi connectivity index (χ0) is 18.5. The maximum Gasteiger partial charge on any atom is 0.302 e. The van der Waals surface area contributed by atoms with Gasteiger partial charge >= 0.3 is 5.91 Å². The third-order valence-electron chi connectivity index (χ3n) is 3.46. The Kier molecular flexibility index (Phi) is 4.93. The van der Waals surface area contributed by atoms with Crippen LogP contribution in [0.3, 0.4) is 0 Å². The predicted octanol–water partition coefficient (Wildman–Crippen LogP) is 3.52. The first-order chi connectivity index (χ1) is 12.5. The summed E-state index contributed by atoms with van der Waals surface area (Å²) in [6.07, 6.45) is 0. The smallest absolute Gasteiger partial charge is 0.302 e. The van der Waals surface area contributed by atoms with Crippen molar-refractivity contribution in [3.05, 3.63) is 48.5 Å². The lowest BCUT2D eigenvalue weighted by atomic mass is 10.2. The molecule has 2 aromatic carbocycles. The molecule has 0 unspecified atom stereocenters. The first-order valence-electron chi connectivity index (χ1n) is 7.77. The minimum absolute atomic E-state index is 0.155. The van der Waals surface area contributed by atoms with Crippen molar-refractivity contribution in [1.82, 2.24) is 4.98 Å². The number of H-pyrrole nitrogens is 1. The number of carbonyl (C=O) groups excluding carboxylic acids is 2. The van der Waals surface area contributed by atoms with Gasteiger partial charge in [-0.15, -0.1) is 10.2 Å². The van der Waals surface area contributed by atoms with Crippen LogP contribution in [0.1, 0.15) is 6.92 Å². The molecule has 8 heteroatoms. The number of aromatic nitrogens is 1. The number of rotatable bonds is 5. The number of ether oxygens (including phenoxy) is 1. The van der Waals surface area contributed by atoms with E-state index in [0.29, 0.717) is 22.3 Å². The average molecular weight is 352 g/mol. The third-order valence-corrected chi connectivity index (χ3v) is 3.46. The number of aromatic amines is 1. The van der Waals surface area contributed by atoms with Gasteiger partial charge in [0, 0.05) is 18.0 Å². The van der Waals surface area contributed by atoms with Gasteiger partial charge in [0.25, 0.3) is 0 Å². The average Bonchev–Trinajstić information content (AvgIpc) is 2.94. The summed E-state index contributed by atoms with van der Waals surface area (Å²) in [5.41, 5.74) is 1.53. The van der Waals surface area contributed by atoms with E-state index < -0.39 is 5.91 Å². The number of benzene rings is 2. The topological polar surface area (TPSA) is 116 Å². The third kappa shape index (κ3) is 4.04. The van der Waals surface area contributed by atoms with Crippen molar-refractivity contribution in [2.45, 2.75) is 6.92 Å². The van der Waals surface area contributed by atoms with Crippen LogP contribution in [-0.2, 0) is 9.59 Å². The van der Waals surface area contributed by atoms with Crippen LogP contribution >= 0.6 is 0 Å². The van der Waals surface area contributed by atoms with Crippen molar-refractivity contribution in [3.8, 4) is 11.6 Å². The molecule has 0 aliphatic heterocycles. The summed E-state index contributed by atoms with van der Waals surface area (Å²) in [6.45, 7) is 1.12. The van der Waals surface area contributed by atoms with Crippen molar-refractivity contribution >= 4 is 34.1 Å². The molecule has 132 valence electrons. The molecule has 0 saturated carbocycles. The summed E-state index contributed by atoms with van der Waals surface area (Å²) in [4.78, 5) is 25.6. The normalized spacial score (nSPS) is 11.0. The number of nitrogens with one attached hydrogen (secondary N) is 2. The van der Waals surface area contributed by atoms with Crippen molar-refractivity contribution < 1.29 is 19.4 Å². The van der Waals surface area contributed by atoms with Gasteiger partial charge in [-0.1, -0.05) is 18.2 Å². The number of fused-ring (bicyclic) bond motifs is 1. The van der Waals surface area contributed by atoms with Crippen LogP contribution in [-0.4, -0.2) is 28.5 Å². The van der Waals surface area contributed by atoms with Crippen LogP contribution < -0.4 is 10.1 Å². The van der Waals surface area contributed by atoms with Gasteiger partial charge in [0.15, 0.2) is 12.3 Å². The number of aromatic hydroxyl groups is 1. The fraction of sp³-hybridized carbons (Fsp3) is 0.111. The van der Waals surface area contributed by atoms with Gasteiger partial charge in [0.1, 0.15) is 5.75 Å². The summed E-state index contributed by atoms with van der Waals surface area (Å²) in [7, 11) is 0. The summed E-state index contributed by atoms with van der Waals surface area (Å²) < 4.78 is 5.33. The van der Waals surface area contributed by atoms with Crippen LogP contribution in [0.2, 0.25) is 0 Å². The molecule has 3 aromatic rings. The highest BCUT2D eigenvalue weighted by molar-refractivity contribution is 5.94. The summed E-state index contributed by atoms with van der Waals surface area (Å²) in [5, 5.41) is 20.5. The first-order valence-corrected chi connectivity index (χ1v) is 7.77. The molecular weight excluding hydrogens is 336 g/mol. The summed E-state index contributed by atoms with van der Waals surface area (Å²) in [6, 6.07) is 13.7. The monoisotopic (exact) mass is 352 g/mol. The van der Waals surface area contributed by atoms with Gasteiger partial charge in [-0.2, -0.15) is 0 Å². The van der Waals surface area contributed by atoms with Gasteiger partial charge in [0.2, 0.25) is 11.8 Å². The molecule has 0 aliphatic rings. The fourth-order valence-corrected chi connectivity index (χ4v) is 2.33. The summed E-state index contributed by atoms with van der Waals surface area (Å²) >= 11 is 0. The van der Waals surface area contributed by atoms with Crippen molar-refractivity contribution in [1.29, 1.82) is 0 Å². The number of nitrogens with zero attached hydrogens (tertiary/aromatic N) is 2. The molecule has 1 heterocycles. The molecule has 0 spiro atoms. The Bertz CT molecular complexity index is 977. The quantitative estimate of drug-likeness (QED) is 0.609. The van der Waals surface area contributed by atoms with E-state index >= 15 is 0 Å². The zero-order valence-electron chi connectivity index (χ0n) is 13.9. The lowest BCUT2D eigenvalue weighted by molar-refractivity contribution is -0.120. The van der Waals surface area contributed by atoms with Crippen LogP contribution in [0.4, 0.5) is 11.4 Å². The molecule has 0 aliphatic carbocycles. The van der Waals surface area contributed by atoms with Crippen molar-refractivity contribution in [3.63, 3.8) is 0 Å². The lowest BCUT2D eigenvalue weighted by Crippen LogP contribution is -2.08. The molecule has 0 bridgehead atoms. The standard InChI is InChI=1S/C18H16N4O4/c1-11(23)19-12-6-8-13(9-7-12)26-10-16(24)21-22-17-14-4-2-3-5-15(14)20-18(17)25/h2-9,20,25H,10H2,1H3,(H,19,23). The minimum Gasteiger partial charge on any atom is -0.493 e. The number of para-hydroxylation sites is 1. The Labute approximate surface area is 148 Å². The maximum absolute atomic E-state index is 11.8. The minimum atomic E-state index is -0.597. The zero-order valence-corrected chi connectivity index (χ0v) is 13.9. The largest absolute Gasteiger partial charge is 0.493 e. The Morgan fingerprint density at radius 2 is 1.88 bits per heavy atom. The highest BCUT2D eigenvalue weighted by atomic mass is 16.5. The fourth-order valence-electron chi connectivity index (χ4n) is 2.33. The van der Waals surface area contributed by atoms with Gasteiger partial charge in [0.05, 0.1) is 5.52 Å². The molecular formula is C18H16N4O4. The Morgan fingerprint density at radius 1 is 1.15 bits per heavy atom. The van der Waals surface area contributed by atoms with Crippen LogP contribution in [0.15, 0.2) is 58.8 Å². The molecule has 0 saturated heterocycles. The second kappa shape index (κ2) is 7.47. The molecule has 2 amide bonds. The van der Waals surface area contributed by atoms with Crippen molar-refractivity contribution in [2.24, 2.45) is 10.2 Å². The molecule has 3 N–H and O–H groups in total. The molecule has 0 radical (unpaired) electrons. The lowest BCUT2D eigenvalue weighted by Gasteiger charge is -2.05. The number of hydrogen-bond acceptors (Lipinski definition) is 5. The Balaban J connectivity index is 1.61. The molecule has 8 nitrogen and oxygen atoms in total. The van der Waals surface area contributed by atoms with Gasteiger partial charge in [-0.25, -0.2) is 0 Å². The van der Waals surface area contributed by atoms with E-state index in [9.17, 15) is 14.7 Å². The molecule has 3 rings (SSSR count). The second-order valence-corrected chi connectivity index (χ2v) is 5.46. The number of amides is 2. The van der Waals surface area contributed by atoms with Crippen LogP contribution in [0, 0.1) is 0 Å². The van der Waals surface area contributed by atoms with Gasteiger partial charge in [-0.3, -0.25) is 9.59 Å². The highest BCUT2D eigenvalue weighted by Gasteiger charge is 2.10. The number of azo groups is 1. The Hall–Kier alpha value is -3.68. The van der Waals surface area contributed by atoms with E-state index in [1.54, 1.807) is 42.5 Å². The number of carbonyl (C=O) groups is 2. The highest BCUT2D eigenvalue weighted by Crippen LogP contribution is 2.35. The second-order valence-electron chi connectivity index (χ2n) is 5.46. The van der Waals surface area contributed by atoms with Crippen LogP contribution in [0.25, 0.3) is 10.9 Å². The Morgan fingerprint density at radius 3 is 2.62 bits per heavy atom. The van der Waals surface area contributed by atoms with E-state index in [1.807, 2.05) is 6.07 Å². The molecule has 0 atom stereocenters. The number of anilines is 1. The van der Waals surface area contributed by atoms with Gasteiger partial charge < -0.3 is 20.1 Å². The van der Waals surface area contributed by atoms with E-state index in [2.05, 4.69) is 20.5 Å². The van der Waals surface area contributed by atoms with Crippen LogP contribution in [0.5, 0.6) is 11.6 Å². The summed E-state index contributed by atoms with van der Waals surface area (Å²) in [5.74, 6) is -0.467. The molecule has 26 heavy (non-hydrogen) atoms. The maximum atomic E-state index is 11.8.